The van der Waals surface area contributed by atoms with Crippen molar-refractivity contribution >= 4 is 17.3 Å². The summed E-state index contributed by atoms with van der Waals surface area (Å²) >= 11 is 0. The second-order valence-electron chi connectivity index (χ2n) is 3.39. The van der Waals surface area contributed by atoms with Gasteiger partial charge in [0.15, 0.2) is 0 Å². The summed E-state index contributed by atoms with van der Waals surface area (Å²) in [5.74, 6) is -0.191. The van der Waals surface area contributed by atoms with Crippen LogP contribution in [0.15, 0.2) is 18.2 Å². The first-order chi connectivity index (χ1) is 7.13. The number of nitrogens with two attached hydrogens (primary N) is 2. The summed E-state index contributed by atoms with van der Waals surface area (Å²) in [7, 11) is 1.39. The van der Waals surface area contributed by atoms with Crippen molar-refractivity contribution < 1.29 is 9.53 Å². The molecule has 0 aliphatic rings. The molecule has 1 rings (SSSR count). The van der Waals surface area contributed by atoms with Gasteiger partial charge in [0.2, 0.25) is 0 Å². The van der Waals surface area contributed by atoms with Crippen molar-refractivity contribution in [2.24, 2.45) is 0 Å². The molecular formula is C11H16N2O2. The summed E-state index contributed by atoms with van der Waals surface area (Å²) in [5, 5.41) is 0. The number of anilines is 2. The largest absolute Gasteiger partial charge is 0.469 e. The highest BCUT2D eigenvalue weighted by molar-refractivity contribution is 5.69. The molecule has 0 heterocycles. The Balaban J connectivity index is 2.47. The number of aryl methyl sites for hydroxylation is 1. The Morgan fingerprint density at radius 2 is 2.13 bits per heavy atom. The van der Waals surface area contributed by atoms with E-state index in [1.165, 1.54) is 7.11 Å². The second kappa shape index (κ2) is 5.24. The van der Waals surface area contributed by atoms with Gasteiger partial charge in [0.05, 0.1) is 7.11 Å². The summed E-state index contributed by atoms with van der Waals surface area (Å²) < 4.78 is 4.55. The van der Waals surface area contributed by atoms with E-state index in [9.17, 15) is 4.79 Å². The van der Waals surface area contributed by atoms with Gasteiger partial charge < -0.3 is 16.2 Å². The van der Waals surface area contributed by atoms with Crippen LogP contribution in [0.2, 0.25) is 0 Å². The minimum absolute atomic E-state index is 0.191. The third-order valence-electron chi connectivity index (χ3n) is 2.22. The second-order valence-corrected chi connectivity index (χ2v) is 3.39. The van der Waals surface area contributed by atoms with Gasteiger partial charge >= 0.3 is 5.97 Å². The van der Waals surface area contributed by atoms with Crippen LogP contribution < -0.4 is 11.5 Å². The number of esters is 1. The number of hydrogen-bond donors (Lipinski definition) is 2. The Bertz CT molecular complexity index is 350. The zero-order valence-electron chi connectivity index (χ0n) is 8.82. The van der Waals surface area contributed by atoms with E-state index in [2.05, 4.69) is 4.74 Å². The number of carbonyl (C=O) groups is 1. The number of nitrogen functional groups attached to an aromatic ring is 2. The average Bonchev–Trinajstić information content (AvgIpc) is 2.21. The molecule has 0 radical (unpaired) electrons. The van der Waals surface area contributed by atoms with Gasteiger partial charge in [-0.1, -0.05) is 6.07 Å². The van der Waals surface area contributed by atoms with Gasteiger partial charge in [-0.05, 0) is 30.5 Å². The van der Waals surface area contributed by atoms with Crippen LogP contribution in [0.25, 0.3) is 0 Å². The van der Waals surface area contributed by atoms with Gasteiger partial charge in [-0.25, -0.2) is 0 Å². The van der Waals surface area contributed by atoms with Gasteiger partial charge in [0.25, 0.3) is 0 Å². The molecule has 0 bridgehead atoms. The first-order valence-electron chi connectivity index (χ1n) is 4.84. The van der Waals surface area contributed by atoms with E-state index in [4.69, 9.17) is 11.5 Å². The number of hydrogen-bond acceptors (Lipinski definition) is 4. The molecule has 0 saturated carbocycles. The van der Waals surface area contributed by atoms with E-state index in [-0.39, 0.29) is 5.97 Å². The number of benzene rings is 1. The fourth-order valence-electron chi connectivity index (χ4n) is 1.37. The van der Waals surface area contributed by atoms with E-state index in [1.807, 2.05) is 12.1 Å². The standard InChI is InChI=1S/C11H16N2O2/c1-15-11(14)4-2-3-8-5-6-9(12)7-10(8)13/h5-7H,2-4,12-13H2,1H3. The molecule has 0 atom stereocenters. The number of rotatable bonds is 4. The molecule has 0 saturated heterocycles. The lowest BCUT2D eigenvalue weighted by Gasteiger charge is -2.05. The maximum absolute atomic E-state index is 10.9. The highest BCUT2D eigenvalue weighted by Gasteiger charge is 2.03. The normalized spacial score (nSPS) is 9.93. The number of ether oxygens (including phenoxy) is 1. The van der Waals surface area contributed by atoms with Crippen LogP contribution >= 0.6 is 0 Å². The monoisotopic (exact) mass is 208 g/mol. The van der Waals surface area contributed by atoms with Crippen LogP contribution in [0.4, 0.5) is 11.4 Å². The number of methoxy groups -OCH3 is 1. The van der Waals surface area contributed by atoms with E-state index >= 15 is 0 Å². The summed E-state index contributed by atoms with van der Waals surface area (Å²) in [5.41, 5.74) is 13.7. The predicted octanol–water partition coefficient (Wildman–Crippen LogP) is 1.35. The molecular weight excluding hydrogens is 192 g/mol. The van der Waals surface area contributed by atoms with Crippen molar-refractivity contribution in [3.8, 4) is 0 Å². The molecule has 0 aliphatic carbocycles. The summed E-state index contributed by atoms with van der Waals surface area (Å²) in [6.07, 6.45) is 1.92. The highest BCUT2D eigenvalue weighted by Crippen LogP contribution is 2.17. The molecule has 0 amide bonds. The molecule has 1 aromatic carbocycles. The average molecular weight is 208 g/mol. The molecule has 4 heteroatoms. The van der Waals surface area contributed by atoms with Crippen LogP contribution in [0, 0.1) is 0 Å². The Morgan fingerprint density at radius 3 is 2.73 bits per heavy atom. The molecule has 4 nitrogen and oxygen atoms in total. The van der Waals surface area contributed by atoms with Crippen molar-refractivity contribution in [2.75, 3.05) is 18.6 Å². The molecule has 82 valence electrons. The predicted molar refractivity (Wildman–Crippen MR) is 60.2 cm³/mol. The van der Waals surface area contributed by atoms with E-state index in [0.717, 1.165) is 18.4 Å². The first-order valence-corrected chi connectivity index (χ1v) is 4.84. The maximum Gasteiger partial charge on any atom is 0.305 e. The minimum Gasteiger partial charge on any atom is -0.469 e. The van der Waals surface area contributed by atoms with Gasteiger partial charge in [0.1, 0.15) is 0 Å². The molecule has 1 aromatic rings. The molecule has 0 aliphatic heterocycles. The Labute approximate surface area is 89.2 Å². The topological polar surface area (TPSA) is 78.3 Å². The van der Waals surface area contributed by atoms with Crippen molar-refractivity contribution in [2.45, 2.75) is 19.3 Å². The Kier molecular flexibility index (Phi) is 3.97. The smallest absolute Gasteiger partial charge is 0.305 e. The SMILES string of the molecule is COC(=O)CCCc1ccc(N)cc1N. The number of carbonyl (C=O) groups excluding carboxylic acids is 1. The third kappa shape index (κ3) is 3.50. The first kappa shape index (κ1) is 11.4. The third-order valence-corrected chi connectivity index (χ3v) is 2.22. The summed E-state index contributed by atoms with van der Waals surface area (Å²) in [6, 6.07) is 5.43. The molecule has 4 N–H and O–H groups in total. The van der Waals surface area contributed by atoms with Gasteiger partial charge in [-0.15, -0.1) is 0 Å². The van der Waals surface area contributed by atoms with Crippen molar-refractivity contribution in [3.05, 3.63) is 23.8 Å². The highest BCUT2D eigenvalue weighted by atomic mass is 16.5. The quantitative estimate of drug-likeness (QED) is 0.578. The lowest BCUT2D eigenvalue weighted by Crippen LogP contribution is -2.02. The van der Waals surface area contributed by atoms with E-state index in [1.54, 1.807) is 6.07 Å². The van der Waals surface area contributed by atoms with Crippen molar-refractivity contribution in [1.29, 1.82) is 0 Å². The summed E-state index contributed by atoms with van der Waals surface area (Å²) in [6.45, 7) is 0. The lowest BCUT2D eigenvalue weighted by atomic mass is 10.1. The van der Waals surface area contributed by atoms with Gasteiger partial charge in [-0.2, -0.15) is 0 Å². The molecule has 15 heavy (non-hydrogen) atoms. The van der Waals surface area contributed by atoms with E-state index < -0.39 is 0 Å². The van der Waals surface area contributed by atoms with Crippen molar-refractivity contribution in [1.82, 2.24) is 0 Å². The van der Waals surface area contributed by atoms with Crippen LogP contribution in [-0.2, 0) is 16.0 Å². The van der Waals surface area contributed by atoms with Crippen LogP contribution in [0.1, 0.15) is 18.4 Å². The zero-order valence-corrected chi connectivity index (χ0v) is 8.82. The maximum atomic E-state index is 10.9. The van der Waals surface area contributed by atoms with Gasteiger partial charge in [-0.3, -0.25) is 4.79 Å². The fourth-order valence-corrected chi connectivity index (χ4v) is 1.37. The Morgan fingerprint density at radius 1 is 1.40 bits per heavy atom. The fraction of sp³-hybridized carbons (Fsp3) is 0.364. The summed E-state index contributed by atoms with van der Waals surface area (Å²) in [4.78, 5) is 10.9. The molecule has 0 spiro atoms. The van der Waals surface area contributed by atoms with Crippen LogP contribution in [0.3, 0.4) is 0 Å². The van der Waals surface area contributed by atoms with E-state index in [0.29, 0.717) is 17.8 Å². The molecule has 0 fully saturated rings. The van der Waals surface area contributed by atoms with Crippen molar-refractivity contribution in [3.63, 3.8) is 0 Å². The Hall–Kier alpha value is -1.71. The molecule has 0 unspecified atom stereocenters. The molecule has 0 aromatic heterocycles. The lowest BCUT2D eigenvalue weighted by molar-refractivity contribution is -0.140. The van der Waals surface area contributed by atoms with Gasteiger partial charge in [0, 0.05) is 17.8 Å². The minimum atomic E-state index is -0.191. The zero-order chi connectivity index (χ0) is 11.3. The van der Waals surface area contributed by atoms with Crippen LogP contribution in [-0.4, -0.2) is 13.1 Å². The van der Waals surface area contributed by atoms with Crippen LogP contribution in [0.5, 0.6) is 0 Å².